The summed E-state index contributed by atoms with van der Waals surface area (Å²) in [5, 5.41) is 28.1. The topological polar surface area (TPSA) is 19.7 Å². The van der Waals surface area contributed by atoms with Crippen LogP contribution < -0.4 is 0 Å². The van der Waals surface area contributed by atoms with Crippen LogP contribution in [0.15, 0.2) is 437 Å². The van der Waals surface area contributed by atoms with E-state index in [2.05, 4.69) is 455 Å². The second-order valence-electron chi connectivity index (χ2n) is 32.8. The zero-order chi connectivity index (χ0) is 79.8. The Morgan fingerprint density at radius 3 is 0.844 bits per heavy atom. The molecular formula is C118H72N4. The van der Waals surface area contributed by atoms with Gasteiger partial charge in [-0.15, -0.1) is 0 Å². The van der Waals surface area contributed by atoms with E-state index in [0.717, 1.165) is 17.1 Å². The first-order valence-electron chi connectivity index (χ1n) is 42.3. The summed E-state index contributed by atoms with van der Waals surface area (Å²) < 4.78 is 9.85. The molecule has 22 aromatic carbocycles. The minimum absolute atomic E-state index is 1.16. The highest BCUT2D eigenvalue weighted by molar-refractivity contribution is 6.40. The van der Waals surface area contributed by atoms with E-state index in [1.165, 1.54) is 235 Å². The first kappa shape index (κ1) is 68.0. The fraction of sp³-hybridized carbons (Fsp3) is 0. The van der Waals surface area contributed by atoms with Gasteiger partial charge in [0.15, 0.2) is 0 Å². The average molecular weight is 1550 g/mol. The Bertz CT molecular complexity index is 8940. The van der Waals surface area contributed by atoms with E-state index < -0.39 is 0 Å². The van der Waals surface area contributed by atoms with Crippen molar-refractivity contribution in [3.8, 4) is 89.5 Å². The van der Waals surface area contributed by atoms with Crippen LogP contribution in [0.3, 0.4) is 0 Å². The number of para-hydroxylation sites is 4. The minimum Gasteiger partial charge on any atom is -0.309 e. The van der Waals surface area contributed by atoms with Crippen LogP contribution in [0.5, 0.6) is 0 Å². The predicted molar refractivity (Wildman–Crippen MR) is 519 cm³/mol. The predicted octanol–water partition coefficient (Wildman–Crippen LogP) is 32.1. The number of hydrogen-bond donors (Lipinski definition) is 0. The minimum atomic E-state index is 1.16. The lowest BCUT2D eigenvalue weighted by Crippen LogP contribution is -1.99. The van der Waals surface area contributed by atoms with Gasteiger partial charge in [0.1, 0.15) is 0 Å². The van der Waals surface area contributed by atoms with Crippen molar-refractivity contribution < 1.29 is 0 Å². The number of nitrogens with zero attached hydrogens (tertiary/aromatic N) is 4. The van der Waals surface area contributed by atoms with Crippen LogP contribution in [0.1, 0.15) is 0 Å². The van der Waals surface area contributed by atoms with E-state index in [1.807, 2.05) is 0 Å². The van der Waals surface area contributed by atoms with Crippen LogP contribution in [-0.4, -0.2) is 18.3 Å². The van der Waals surface area contributed by atoms with Crippen molar-refractivity contribution in [1.29, 1.82) is 0 Å². The van der Waals surface area contributed by atoms with E-state index in [1.54, 1.807) is 0 Å². The van der Waals surface area contributed by atoms with Gasteiger partial charge >= 0.3 is 0 Å². The molecule has 1 aliphatic rings. The maximum atomic E-state index is 2.55. The Morgan fingerprint density at radius 1 is 0.123 bits per heavy atom. The molecule has 4 nitrogen and oxygen atoms in total. The second-order valence-corrected chi connectivity index (χ2v) is 32.8. The Morgan fingerprint density at radius 2 is 0.402 bits per heavy atom. The van der Waals surface area contributed by atoms with Gasteiger partial charge in [-0.3, -0.25) is 0 Å². The van der Waals surface area contributed by atoms with Crippen LogP contribution in [-0.2, 0) is 0 Å². The fourth-order valence-electron chi connectivity index (χ4n) is 21.2. The molecule has 0 unspecified atom stereocenters. The van der Waals surface area contributed by atoms with E-state index in [9.17, 15) is 0 Å². The van der Waals surface area contributed by atoms with Crippen molar-refractivity contribution in [2.45, 2.75) is 0 Å². The van der Waals surface area contributed by atoms with Crippen LogP contribution >= 0.6 is 0 Å². The summed E-state index contributed by atoms with van der Waals surface area (Å²) >= 11 is 0. The lowest BCUT2D eigenvalue weighted by Gasteiger charge is -2.18. The van der Waals surface area contributed by atoms with Crippen molar-refractivity contribution >= 4 is 163 Å². The van der Waals surface area contributed by atoms with Crippen LogP contribution in [0, 0.1) is 0 Å². The summed E-state index contributed by atoms with van der Waals surface area (Å²) in [6, 6.07) is 161. The summed E-state index contributed by atoms with van der Waals surface area (Å²) in [7, 11) is 0. The first-order chi connectivity index (χ1) is 60.6. The lowest BCUT2D eigenvalue weighted by atomic mass is 9.87. The lowest BCUT2D eigenvalue weighted by molar-refractivity contribution is 1.18. The molecular weight excluding hydrogens is 1470 g/mol. The van der Waals surface area contributed by atoms with Gasteiger partial charge in [-0.25, -0.2) is 0 Å². The number of hydrogen-bond acceptors (Lipinski definition) is 0. The molecule has 27 rings (SSSR count). The molecule has 0 amide bonds. The van der Waals surface area contributed by atoms with Gasteiger partial charge in [-0.05, 0) is 235 Å². The SMILES string of the molecule is c1ccc(-c2cccc(-n3c4ccccc4c4cc(-c5ccc6c(c5)c5ccccc5n6-c5c6c7c(cccc7c7ccccc57)-c5ccccc5-6)ccc43)c2)cc1.c1ccc(-c2cccc(-n3c4ccccc4c4cc(-c5ccc6c(c5)c5ccccc5n6-c5ccc6c7ccccc7c7c8ccccc8c8ccccc8c7c6c5)ccc43)c2)cc1. The molecule has 0 atom stereocenters. The molecule has 0 spiro atoms. The molecule has 0 N–H and O–H groups in total. The third kappa shape index (κ3) is 10.1. The van der Waals surface area contributed by atoms with Crippen molar-refractivity contribution in [1.82, 2.24) is 18.3 Å². The molecule has 122 heavy (non-hydrogen) atoms. The highest BCUT2D eigenvalue weighted by Gasteiger charge is 2.30. The third-order valence-corrected chi connectivity index (χ3v) is 26.5. The van der Waals surface area contributed by atoms with Crippen molar-refractivity contribution in [2.24, 2.45) is 0 Å². The molecule has 0 fully saturated rings. The molecule has 564 valence electrons. The summed E-state index contributed by atoms with van der Waals surface area (Å²) in [4.78, 5) is 0. The number of rotatable bonds is 8. The van der Waals surface area contributed by atoms with Gasteiger partial charge < -0.3 is 18.3 Å². The van der Waals surface area contributed by atoms with Crippen molar-refractivity contribution in [3.63, 3.8) is 0 Å². The van der Waals surface area contributed by atoms with E-state index in [4.69, 9.17) is 0 Å². The molecule has 4 heterocycles. The maximum Gasteiger partial charge on any atom is 0.0625 e. The standard InChI is InChI=1S/C62H38N2.C56H34N2/c1-2-15-39(16-3-1)40-17-14-18-43(35-40)63-57-27-12-10-22-49(57)54-36-41(29-33-59(54)63)42-30-34-60-55(37-42)50-23-11-13-28-58(50)64(60)44-31-32-48-47-21-6-8-25-52(47)61-51-24-7-4-19-45(51)46-20-5-9-26-53(46)62(61)56(48)38-44;1-2-14-35(15-3-1)36-16-12-17-39(32-36)57-50-26-10-8-20-42(50)48-33-37(28-30-52(48)57)38-29-31-53-49(34-38)43-21-9-11-27-51(43)58(53)56-47-23-7-5-19-41(47)45-25-13-24-44-40-18-4-6-22-46(40)55(56)54(44)45/h1-38H;1-34H. The maximum absolute atomic E-state index is 2.55. The number of fused-ring (bicyclic) bond motifs is 28. The summed E-state index contributed by atoms with van der Waals surface area (Å²) in [5.41, 5.74) is 29.3. The van der Waals surface area contributed by atoms with Gasteiger partial charge in [-0.1, -0.05) is 328 Å². The first-order valence-corrected chi connectivity index (χ1v) is 42.3. The quantitative estimate of drug-likeness (QED) is 0.135. The summed E-state index contributed by atoms with van der Waals surface area (Å²) in [5.74, 6) is 0. The summed E-state index contributed by atoms with van der Waals surface area (Å²) in [6.45, 7) is 0. The van der Waals surface area contributed by atoms with E-state index in [0.29, 0.717) is 0 Å². The van der Waals surface area contributed by atoms with Crippen LogP contribution in [0.4, 0.5) is 0 Å². The normalized spacial score (nSPS) is 12.1. The number of aromatic nitrogens is 4. The molecule has 0 saturated carbocycles. The van der Waals surface area contributed by atoms with Crippen molar-refractivity contribution in [3.05, 3.63) is 437 Å². The monoisotopic (exact) mass is 1540 g/mol. The Labute approximate surface area is 702 Å². The number of benzene rings is 22. The van der Waals surface area contributed by atoms with Gasteiger partial charge in [-0.2, -0.15) is 0 Å². The molecule has 1 aliphatic carbocycles. The van der Waals surface area contributed by atoms with E-state index in [-0.39, 0.29) is 0 Å². The molecule has 0 aliphatic heterocycles. The smallest absolute Gasteiger partial charge is 0.0625 e. The molecule has 4 heteroatoms. The molecule has 0 saturated heterocycles. The van der Waals surface area contributed by atoms with Crippen LogP contribution in [0.2, 0.25) is 0 Å². The van der Waals surface area contributed by atoms with Gasteiger partial charge in [0.25, 0.3) is 0 Å². The van der Waals surface area contributed by atoms with Gasteiger partial charge in [0.2, 0.25) is 0 Å². The second kappa shape index (κ2) is 26.7. The highest BCUT2D eigenvalue weighted by atomic mass is 15.0. The van der Waals surface area contributed by atoms with Crippen LogP contribution in [0.25, 0.3) is 252 Å². The van der Waals surface area contributed by atoms with Gasteiger partial charge in [0.05, 0.1) is 49.8 Å². The van der Waals surface area contributed by atoms with E-state index >= 15 is 0 Å². The molecule has 4 aromatic heterocycles. The zero-order valence-corrected chi connectivity index (χ0v) is 66.4. The Kier molecular flexibility index (Phi) is 14.9. The fourth-order valence-corrected chi connectivity index (χ4v) is 21.2. The Hall–Kier alpha value is -16.1. The highest BCUT2D eigenvalue weighted by Crippen LogP contribution is 2.55. The molecule has 0 bridgehead atoms. The molecule has 0 radical (unpaired) electrons. The average Bonchev–Trinajstić information content (AvgIpc) is 1.37. The molecule has 26 aromatic rings. The Balaban J connectivity index is 0.000000132. The third-order valence-electron chi connectivity index (χ3n) is 26.5. The zero-order valence-electron chi connectivity index (χ0n) is 66.4. The largest absolute Gasteiger partial charge is 0.309 e. The summed E-state index contributed by atoms with van der Waals surface area (Å²) in [6.07, 6.45) is 0. The van der Waals surface area contributed by atoms with Crippen molar-refractivity contribution in [2.75, 3.05) is 0 Å². The van der Waals surface area contributed by atoms with Gasteiger partial charge in [0, 0.05) is 76.5 Å².